The highest BCUT2D eigenvalue weighted by Crippen LogP contribution is 2.14. The van der Waals surface area contributed by atoms with Gasteiger partial charge in [-0.1, -0.05) is 30.3 Å². The van der Waals surface area contributed by atoms with Crippen LogP contribution < -0.4 is 5.32 Å². The third-order valence-electron chi connectivity index (χ3n) is 2.79. The molecule has 2 rings (SSSR count). The van der Waals surface area contributed by atoms with Crippen LogP contribution in [0.15, 0.2) is 48.8 Å². The van der Waals surface area contributed by atoms with Crippen LogP contribution in [0, 0.1) is 6.92 Å². The summed E-state index contributed by atoms with van der Waals surface area (Å²) in [5, 5.41) is 11.7. The van der Waals surface area contributed by atoms with Gasteiger partial charge in [-0.3, -0.25) is 9.78 Å². The zero-order valence-corrected chi connectivity index (χ0v) is 10.9. The summed E-state index contributed by atoms with van der Waals surface area (Å²) >= 11 is 0. The molecule has 0 bridgehead atoms. The molecule has 0 radical (unpaired) electrons. The number of amides is 1. The molecule has 0 aliphatic rings. The van der Waals surface area contributed by atoms with Gasteiger partial charge < -0.3 is 10.4 Å². The molecule has 1 aromatic heterocycles. The molecule has 20 heavy (non-hydrogen) atoms. The number of hydrogen-bond acceptors (Lipinski definition) is 3. The molecule has 0 aliphatic carbocycles. The first-order chi connectivity index (χ1) is 9.58. The van der Waals surface area contributed by atoms with E-state index in [1.54, 1.807) is 42.6 Å². The lowest BCUT2D eigenvalue weighted by Crippen LogP contribution is -2.33. The van der Waals surface area contributed by atoms with E-state index in [2.05, 4.69) is 10.3 Å². The van der Waals surface area contributed by atoms with Crippen molar-refractivity contribution in [3.8, 4) is 0 Å². The molecule has 1 atom stereocenters. The largest absolute Gasteiger partial charge is 0.479 e. The molecule has 1 amide bonds. The van der Waals surface area contributed by atoms with Crippen molar-refractivity contribution < 1.29 is 14.7 Å². The molecule has 0 unspecified atom stereocenters. The Bertz CT molecular complexity index is 626. The molecular formula is C15H14N2O3. The van der Waals surface area contributed by atoms with Gasteiger partial charge in [0.15, 0.2) is 6.04 Å². The van der Waals surface area contributed by atoms with Gasteiger partial charge in [-0.25, -0.2) is 4.79 Å². The predicted octanol–water partition coefficient (Wildman–Crippen LogP) is 1.95. The molecule has 2 aromatic rings. The van der Waals surface area contributed by atoms with Crippen LogP contribution in [0.2, 0.25) is 0 Å². The molecular weight excluding hydrogens is 256 g/mol. The number of nitrogens with zero attached hydrogens (tertiary/aromatic N) is 1. The quantitative estimate of drug-likeness (QED) is 0.890. The maximum Gasteiger partial charge on any atom is 0.330 e. The van der Waals surface area contributed by atoms with Gasteiger partial charge in [0.1, 0.15) is 0 Å². The number of nitrogens with one attached hydrogen (secondary N) is 1. The maximum absolute atomic E-state index is 12.1. The number of aromatic nitrogens is 1. The van der Waals surface area contributed by atoms with Crippen LogP contribution >= 0.6 is 0 Å². The molecule has 2 N–H and O–H groups in total. The maximum atomic E-state index is 12.1. The second-order valence-corrected chi connectivity index (χ2v) is 4.41. The van der Waals surface area contributed by atoms with Crippen molar-refractivity contribution in [3.05, 3.63) is 65.5 Å². The highest BCUT2D eigenvalue weighted by atomic mass is 16.4. The Morgan fingerprint density at radius 1 is 1.20 bits per heavy atom. The lowest BCUT2D eigenvalue weighted by atomic mass is 10.1. The van der Waals surface area contributed by atoms with Crippen molar-refractivity contribution in [1.82, 2.24) is 10.3 Å². The Morgan fingerprint density at radius 2 is 1.90 bits per heavy atom. The van der Waals surface area contributed by atoms with Crippen LogP contribution in [0.5, 0.6) is 0 Å². The van der Waals surface area contributed by atoms with E-state index in [9.17, 15) is 14.7 Å². The molecule has 5 heteroatoms. The molecule has 0 fully saturated rings. The van der Waals surface area contributed by atoms with Crippen molar-refractivity contribution in [2.75, 3.05) is 0 Å². The average molecular weight is 270 g/mol. The smallest absolute Gasteiger partial charge is 0.330 e. The first kappa shape index (κ1) is 13.7. The van der Waals surface area contributed by atoms with E-state index in [0.717, 1.165) is 5.56 Å². The SMILES string of the molecule is Cc1cncc(C(=O)N[C@@H](C(=O)O)c2ccccc2)c1. The normalized spacial score (nSPS) is 11.7. The number of carboxylic acids is 1. The highest BCUT2D eigenvalue weighted by Gasteiger charge is 2.22. The minimum absolute atomic E-state index is 0.340. The number of carbonyl (C=O) groups excluding carboxylic acids is 1. The summed E-state index contributed by atoms with van der Waals surface area (Å²) in [6.45, 7) is 1.82. The first-order valence-corrected chi connectivity index (χ1v) is 6.08. The minimum atomic E-state index is -1.11. The number of aliphatic carboxylic acids is 1. The van der Waals surface area contributed by atoms with Crippen molar-refractivity contribution in [3.63, 3.8) is 0 Å². The van der Waals surface area contributed by atoms with E-state index in [-0.39, 0.29) is 0 Å². The zero-order chi connectivity index (χ0) is 14.5. The Kier molecular flexibility index (Phi) is 4.10. The van der Waals surface area contributed by atoms with Crippen molar-refractivity contribution in [2.45, 2.75) is 13.0 Å². The van der Waals surface area contributed by atoms with Crippen molar-refractivity contribution in [1.29, 1.82) is 0 Å². The molecule has 1 aromatic carbocycles. The summed E-state index contributed by atoms with van der Waals surface area (Å²) in [5.74, 6) is -1.57. The van der Waals surface area contributed by atoms with E-state index in [1.807, 2.05) is 6.92 Å². The third kappa shape index (κ3) is 3.20. The van der Waals surface area contributed by atoms with Gasteiger partial charge in [-0.15, -0.1) is 0 Å². The summed E-state index contributed by atoms with van der Waals surface area (Å²) in [5.41, 5.74) is 1.70. The van der Waals surface area contributed by atoms with Gasteiger partial charge in [0, 0.05) is 12.4 Å². The van der Waals surface area contributed by atoms with E-state index in [0.29, 0.717) is 11.1 Å². The number of hydrogen-bond donors (Lipinski definition) is 2. The fourth-order valence-electron chi connectivity index (χ4n) is 1.83. The van der Waals surface area contributed by atoms with Crippen LogP contribution in [-0.4, -0.2) is 22.0 Å². The van der Waals surface area contributed by atoms with Crippen LogP contribution in [0.3, 0.4) is 0 Å². The number of aryl methyl sites for hydroxylation is 1. The lowest BCUT2D eigenvalue weighted by Gasteiger charge is -2.14. The first-order valence-electron chi connectivity index (χ1n) is 6.08. The van der Waals surface area contributed by atoms with Crippen molar-refractivity contribution >= 4 is 11.9 Å². The average Bonchev–Trinajstić information content (AvgIpc) is 2.45. The summed E-state index contributed by atoms with van der Waals surface area (Å²) in [4.78, 5) is 27.3. The Morgan fingerprint density at radius 3 is 2.50 bits per heavy atom. The lowest BCUT2D eigenvalue weighted by molar-refractivity contribution is -0.139. The van der Waals surface area contributed by atoms with Crippen LogP contribution in [-0.2, 0) is 4.79 Å². The van der Waals surface area contributed by atoms with Gasteiger partial charge in [-0.2, -0.15) is 0 Å². The van der Waals surface area contributed by atoms with Gasteiger partial charge in [0.2, 0.25) is 0 Å². The Hall–Kier alpha value is -2.69. The van der Waals surface area contributed by atoms with Crippen molar-refractivity contribution in [2.24, 2.45) is 0 Å². The van der Waals surface area contributed by atoms with Crippen LogP contribution in [0.4, 0.5) is 0 Å². The summed E-state index contributed by atoms with van der Waals surface area (Å²) < 4.78 is 0. The molecule has 0 saturated carbocycles. The second-order valence-electron chi connectivity index (χ2n) is 4.41. The van der Waals surface area contributed by atoms with E-state index in [1.165, 1.54) is 6.20 Å². The number of carbonyl (C=O) groups is 2. The molecule has 1 heterocycles. The standard InChI is InChI=1S/C15H14N2O3/c1-10-7-12(9-16-8-10)14(18)17-13(15(19)20)11-5-3-2-4-6-11/h2-9,13H,1H3,(H,17,18)(H,19,20)/t13-/m1/s1. The topological polar surface area (TPSA) is 79.3 Å². The fourth-order valence-corrected chi connectivity index (χ4v) is 1.83. The summed E-state index contributed by atoms with van der Waals surface area (Å²) in [6, 6.07) is 9.14. The van der Waals surface area contributed by atoms with Gasteiger partial charge in [0.25, 0.3) is 5.91 Å². The van der Waals surface area contributed by atoms with E-state index >= 15 is 0 Å². The molecule has 0 saturated heterocycles. The predicted molar refractivity (Wildman–Crippen MR) is 73.3 cm³/mol. The van der Waals surface area contributed by atoms with Gasteiger partial charge >= 0.3 is 5.97 Å². The van der Waals surface area contributed by atoms with Crippen LogP contribution in [0.1, 0.15) is 27.5 Å². The number of carboxylic acid groups (broad SMARTS) is 1. The molecule has 102 valence electrons. The monoisotopic (exact) mass is 270 g/mol. The second kappa shape index (κ2) is 5.97. The zero-order valence-electron chi connectivity index (χ0n) is 10.9. The third-order valence-corrected chi connectivity index (χ3v) is 2.79. The highest BCUT2D eigenvalue weighted by molar-refractivity contribution is 5.96. The fraction of sp³-hybridized carbons (Fsp3) is 0.133. The number of pyridine rings is 1. The Balaban J connectivity index is 2.21. The number of rotatable bonds is 4. The molecule has 5 nitrogen and oxygen atoms in total. The minimum Gasteiger partial charge on any atom is -0.479 e. The Labute approximate surface area is 116 Å². The van der Waals surface area contributed by atoms with Crippen LogP contribution in [0.25, 0.3) is 0 Å². The number of benzene rings is 1. The molecule has 0 spiro atoms. The van der Waals surface area contributed by atoms with Gasteiger partial charge in [-0.05, 0) is 24.1 Å². The van der Waals surface area contributed by atoms with Gasteiger partial charge in [0.05, 0.1) is 5.56 Å². The summed E-state index contributed by atoms with van der Waals surface area (Å²) in [7, 11) is 0. The summed E-state index contributed by atoms with van der Waals surface area (Å²) in [6.07, 6.45) is 3.04. The van der Waals surface area contributed by atoms with E-state index < -0.39 is 17.9 Å². The molecule has 0 aliphatic heterocycles. The van der Waals surface area contributed by atoms with E-state index in [4.69, 9.17) is 0 Å².